The third kappa shape index (κ3) is 2.82. The van der Waals surface area contributed by atoms with E-state index in [1.54, 1.807) is 0 Å². The van der Waals surface area contributed by atoms with Crippen molar-refractivity contribution in [3.05, 3.63) is 85.1 Å². The topological polar surface area (TPSA) is 12.9 Å². The van der Waals surface area contributed by atoms with E-state index in [9.17, 15) is 0 Å². The second-order valence-electron chi connectivity index (χ2n) is 8.53. The fourth-order valence-electron chi connectivity index (χ4n) is 4.08. The zero-order valence-electron chi connectivity index (χ0n) is 16.5. The van der Waals surface area contributed by atoms with Crippen molar-refractivity contribution in [2.75, 3.05) is 0 Å². The summed E-state index contributed by atoms with van der Waals surface area (Å²) in [7, 11) is 0. The van der Waals surface area contributed by atoms with Crippen LogP contribution in [-0.2, 0) is 0 Å². The van der Waals surface area contributed by atoms with Crippen LogP contribution in [0.15, 0.2) is 85.1 Å². The van der Waals surface area contributed by atoms with Crippen molar-refractivity contribution in [3.8, 4) is 11.3 Å². The van der Waals surface area contributed by atoms with E-state index >= 15 is 0 Å². The summed E-state index contributed by atoms with van der Waals surface area (Å²) in [5.74, 6) is 7.22. The molecule has 1 nitrogen and oxygen atoms in total. The molecule has 5 rings (SSSR count). The van der Waals surface area contributed by atoms with E-state index in [4.69, 9.17) is 4.98 Å². The van der Waals surface area contributed by atoms with Crippen LogP contribution in [0.1, 0.15) is 0 Å². The van der Waals surface area contributed by atoms with Crippen LogP contribution in [0.3, 0.4) is 0 Å². The number of hydrogen-bond acceptors (Lipinski definition) is 1. The average molecular weight is 422 g/mol. The van der Waals surface area contributed by atoms with Crippen LogP contribution in [0.25, 0.3) is 43.6 Å². The first-order chi connectivity index (χ1) is 13.5. The van der Waals surface area contributed by atoms with Crippen molar-refractivity contribution in [1.82, 2.24) is 4.98 Å². The van der Waals surface area contributed by atoms with Crippen molar-refractivity contribution in [1.29, 1.82) is 0 Å². The molecular weight excluding hydrogens is 399 g/mol. The molecule has 0 fully saturated rings. The molecule has 1 aromatic heterocycles. The summed E-state index contributed by atoms with van der Waals surface area (Å²) >= 11 is -1.84. The monoisotopic (exact) mass is 423 g/mol. The van der Waals surface area contributed by atoms with Gasteiger partial charge in [-0.05, 0) is 0 Å². The van der Waals surface area contributed by atoms with Crippen molar-refractivity contribution >= 4 is 50.0 Å². The molecule has 0 unspecified atom stereocenters. The number of benzene rings is 4. The third-order valence-corrected chi connectivity index (χ3v) is 9.92. The molecule has 0 bridgehead atoms. The van der Waals surface area contributed by atoms with Gasteiger partial charge in [-0.1, -0.05) is 0 Å². The van der Waals surface area contributed by atoms with Crippen molar-refractivity contribution < 1.29 is 0 Å². The zero-order chi connectivity index (χ0) is 19.3. The molecular formula is C26H23GeN. The molecule has 4 aromatic carbocycles. The maximum absolute atomic E-state index is 4.81. The van der Waals surface area contributed by atoms with Crippen LogP contribution in [0, 0.1) is 0 Å². The van der Waals surface area contributed by atoms with Gasteiger partial charge in [-0.2, -0.15) is 0 Å². The number of rotatable bonds is 2. The van der Waals surface area contributed by atoms with Crippen LogP contribution in [-0.4, -0.2) is 18.3 Å². The van der Waals surface area contributed by atoms with Gasteiger partial charge in [-0.25, -0.2) is 0 Å². The van der Waals surface area contributed by atoms with Gasteiger partial charge in [0.2, 0.25) is 0 Å². The molecule has 136 valence electrons. The molecule has 0 N–H and O–H groups in total. The van der Waals surface area contributed by atoms with E-state index in [2.05, 4.69) is 102 Å². The summed E-state index contributed by atoms with van der Waals surface area (Å²) in [5, 5.41) is 7.85. The van der Waals surface area contributed by atoms with Gasteiger partial charge in [0.05, 0.1) is 0 Å². The Kier molecular flexibility index (Phi) is 4.02. The van der Waals surface area contributed by atoms with Crippen molar-refractivity contribution in [3.63, 3.8) is 0 Å². The van der Waals surface area contributed by atoms with Gasteiger partial charge in [-0.3, -0.25) is 0 Å². The average Bonchev–Trinajstić information content (AvgIpc) is 2.73. The molecule has 0 aliphatic heterocycles. The summed E-state index contributed by atoms with van der Waals surface area (Å²) in [5.41, 5.74) is 2.23. The SMILES string of the molecule is [CH3][Ge]([CH3])([CH3])[c]1ccc(-c2ccc3c4ccccc4c4ccccc4c3c2)nc1. The zero-order valence-corrected chi connectivity index (χ0v) is 18.6. The molecule has 0 saturated carbocycles. The van der Waals surface area contributed by atoms with Gasteiger partial charge in [0.15, 0.2) is 0 Å². The number of fused-ring (bicyclic) bond motifs is 6. The second kappa shape index (κ2) is 6.46. The Balaban J connectivity index is 1.78. The van der Waals surface area contributed by atoms with E-state index in [1.807, 2.05) is 0 Å². The molecule has 0 aliphatic carbocycles. The van der Waals surface area contributed by atoms with E-state index in [-0.39, 0.29) is 0 Å². The first kappa shape index (κ1) is 17.5. The Bertz CT molecular complexity index is 1290. The fourth-order valence-corrected chi connectivity index (χ4v) is 6.25. The number of hydrogen-bond donors (Lipinski definition) is 0. The molecule has 0 aliphatic rings. The third-order valence-electron chi connectivity index (χ3n) is 5.67. The standard InChI is InChI=1S/C26H23GeN/c1-27(2,3)19-13-15-26(28-17-19)18-12-14-24-22-10-5-4-8-20(22)21-9-6-7-11-23(21)25(24)16-18/h4-17H,1-3H3. The summed E-state index contributed by atoms with van der Waals surface area (Å²) < 4.78 is 1.45. The summed E-state index contributed by atoms with van der Waals surface area (Å²) in [4.78, 5) is 4.81. The minimum atomic E-state index is -1.84. The maximum atomic E-state index is 4.81. The van der Waals surface area contributed by atoms with Gasteiger partial charge < -0.3 is 0 Å². The number of aromatic nitrogens is 1. The van der Waals surface area contributed by atoms with E-state index in [0.29, 0.717) is 0 Å². The van der Waals surface area contributed by atoms with Crippen LogP contribution in [0.4, 0.5) is 0 Å². The quantitative estimate of drug-likeness (QED) is 0.227. The van der Waals surface area contributed by atoms with Gasteiger partial charge >= 0.3 is 169 Å². The van der Waals surface area contributed by atoms with E-state index in [0.717, 1.165) is 5.69 Å². The first-order valence-electron chi connectivity index (χ1n) is 9.82. The number of nitrogens with zero attached hydrogens (tertiary/aromatic N) is 1. The summed E-state index contributed by atoms with van der Waals surface area (Å²) in [6.45, 7) is 0. The van der Waals surface area contributed by atoms with Crippen molar-refractivity contribution in [2.45, 2.75) is 17.3 Å². The molecule has 2 heteroatoms. The van der Waals surface area contributed by atoms with Crippen LogP contribution in [0.5, 0.6) is 0 Å². The molecule has 1 heterocycles. The second-order valence-corrected chi connectivity index (χ2v) is 19.2. The van der Waals surface area contributed by atoms with Crippen LogP contribution in [0.2, 0.25) is 17.3 Å². The molecule has 0 radical (unpaired) electrons. The van der Waals surface area contributed by atoms with E-state index < -0.39 is 13.3 Å². The minimum absolute atomic E-state index is 1.05. The fraction of sp³-hybridized carbons (Fsp3) is 0.115. The van der Waals surface area contributed by atoms with Gasteiger partial charge in [0.25, 0.3) is 0 Å². The first-order valence-corrected chi connectivity index (χ1v) is 17.2. The molecule has 0 amide bonds. The normalized spacial score (nSPS) is 12.1. The van der Waals surface area contributed by atoms with Gasteiger partial charge in [0.1, 0.15) is 0 Å². The van der Waals surface area contributed by atoms with Crippen LogP contribution >= 0.6 is 0 Å². The van der Waals surface area contributed by atoms with Crippen LogP contribution < -0.4 is 4.40 Å². The Morgan fingerprint density at radius 2 is 1.11 bits per heavy atom. The Labute approximate surface area is 168 Å². The molecule has 5 aromatic rings. The van der Waals surface area contributed by atoms with E-state index in [1.165, 1.54) is 42.3 Å². The molecule has 0 spiro atoms. The van der Waals surface area contributed by atoms with Crippen molar-refractivity contribution in [2.24, 2.45) is 0 Å². The predicted octanol–water partition coefficient (Wildman–Crippen LogP) is 6.75. The number of pyridine rings is 1. The Morgan fingerprint density at radius 1 is 0.571 bits per heavy atom. The summed E-state index contributed by atoms with van der Waals surface area (Å²) in [6.07, 6.45) is 2.10. The Hall–Kier alpha value is -2.65. The molecule has 0 atom stereocenters. The Morgan fingerprint density at radius 3 is 1.61 bits per heavy atom. The predicted molar refractivity (Wildman–Crippen MR) is 125 cm³/mol. The van der Waals surface area contributed by atoms with Gasteiger partial charge in [0, 0.05) is 0 Å². The summed E-state index contributed by atoms with van der Waals surface area (Å²) in [6, 6.07) is 28.7. The van der Waals surface area contributed by atoms with Gasteiger partial charge in [-0.15, -0.1) is 0 Å². The molecule has 28 heavy (non-hydrogen) atoms. The molecule has 0 saturated heterocycles.